The molecule has 35 nitrogen and oxygen atoms in total. The summed E-state index contributed by atoms with van der Waals surface area (Å²) in [4.78, 5) is 81.2. The second-order valence-electron chi connectivity index (χ2n) is 34.1. The Morgan fingerprint density at radius 1 is 0.477 bits per heavy atom. The number of nitrogens with one attached hydrogen (secondary N) is 4. The Morgan fingerprint density at radius 3 is 1.40 bits per heavy atom. The highest BCUT2D eigenvalue weighted by atomic mass is 16.7. The number of esters is 3. The third-order valence-corrected chi connectivity index (χ3v) is 18.9. The Balaban J connectivity index is 0.000000258. The number of carbonyl (C=O) groups excluding carboxylic acids is 7. The van der Waals surface area contributed by atoms with Gasteiger partial charge >= 0.3 is 36.2 Å². The van der Waals surface area contributed by atoms with Gasteiger partial charge in [0.15, 0.2) is 0 Å². The van der Waals surface area contributed by atoms with Crippen LogP contribution < -0.4 is 30.7 Å². The van der Waals surface area contributed by atoms with E-state index >= 15 is 0 Å². The zero-order valence-corrected chi connectivity index (χ0v) is 78.6. The number of alkyl carbamates (subject to hydrolysis) is 1. The van der Waals surface area contributed by atoms with Crippen LogP contribution in [0.4, 0.5) is 14.4 Å². The molecule has 0 spiro atoms. The number of amides is 4. The first-order chi connectivity index (χ1) is 61.3. The minimum absolute atomic E-state index is 0.0355. The summed E-state index contributed by atoms with van der Waals surface area (Å²) >= 11 is 0. The number of aliphatic hydroxyl groups excluding tert-OH is 1. The number of hydrogen-bond donors (Lipinski definition) is 5. The number of aliphatic hydroxyl groups is 1. The van der Waals surface area contributed by atoms with E-state index in [9.17, 15) is 33.6 Å². The van der Waals surface area contributed by atoms with E-state index in [0.717, 1.165) is 110 Å². The van der Waals surface area contributed by atoms with Gasteiger partial charge in [-0.2, -0.15) is 0 Å². The molecule has 0 aliphatic carbocycles. The molecule has 11 heterocycles. The molecular formula is C93H151N5O30. The van der Waals surface area contributed by atoms with Crippen LogP contribution >= 0.6 is 0 Å². The maximum absolute atomic E-state index is 11.2. The molecule has 0 radical (unpaired) electrons. The Labute approximate surface area is 757 Å². The van der Waals surface area contributed by atoms with Crippen molar-refractivity contribution in [2.45, 2.75) is 284 Å². The van der Waals surface area contributed by atoms with Crippen molar-refractivity contribution >= 4 is 42.1 Å². The van der Waals surface area contributed by atoms with Crippen molar-refractivity contribution < 1.29 is 143 Å². The Morgan fingerprint density at radius 2 is 0.938 bits per heavy atom. The van der Waals surface area contributed by atoms with E-state index in [0.29, 0.717) is 116 Å². The van der Waals surface area contributed by atoms with E-state index < -0.39 is 12.3 Å². The lowest BCUT2D eigenvalue weighted by molar-refractivity contribution is -0.145. The van der Waals surface area contributed by atoms with Crippen LogP contribution in [0.25, 0.3) is 0 Å². The number of nitrogens with zero attached hydrogens (tertiary/aromatic N) is 1. The highest BCUT2D eigenvalue weighted by Crippen LogP contribution is 2.34. The summed E-state index contributed by atoms with van der Waals surface area (Å²) in [6.07, 6.45) is 12.0. The molecule has 13 rings (SSSR count). The standard InChI is InChI=1S/C21H26O3.C10H18N2O4.C10H17NO4.C10H13NO2.C9H18O4.C9H16O3.C8H15NO3.C8H14O4.C8H14O3/c1-15(2)24-19-11-7-17(8-12-19)21(3,4)16-5-9-18(10-6-16)22-13-20-14-23-20;1-7(2)12-10(14)11-4-3-9(13)16-6-8-5-15-8;1-7(2)11-9(12)3-4-10(13)15-6-8-5-14-8;1-4-11-5-2-9(1)3-6-12-7-10-8-13-10;1-7(10)3-12-8(2)4-11-5-9-6-13-9;1-2-8(11-4-1)3-5-10-6-9-7-12-9;1-3-6(2)9-8(10)12-5-7-4-11-7;1-3-6(2)12-8(9)11-5-7-4-10-7;1-6(2)3-8(9)11-5-7-4-10-7/h5-12,15,20H,13-14H2,1-4H3;7-8H,3-6H2,1-2H3,(H2,11,12,14);7-8H,3-6H2,1-2H3,(H,11,12);1-2,4-5,10H,3,6-8H2;7-10H,3-6H2,1-2H3;8-9H,1-7H2;6-7H,3-5H2,1-2H3,(H,9,10);6-7H,3-5H2,1-2H3;6-7H,3-5H2,1-2H3. The molecule has 10 aliphatic rings. The number of hydrogen-bond acceptors (Lipinski definition) is 31. The van der Waals surface area contributed by atoms with Gasteiger partial charge in [0.2, 0.25) is 5.91 Å². The minimum atomic E-state index is -0.597. The Bertz CT molecular complexity index is 3420. The lowest BCUT2D eigenvalue weighted by atomic mass is 9.78. The zero-order chi connectivity index (χ0) is 93.4. The summed E-state index contributed by atoms with van der Waals surface area (Å²) in [6, 6.07) is 20.9. The summed E-state index contributed by atoms with van der Waals surface area (Å²) < 4.78 is 112. The molecular weight excluding hydrogens is 1670 g/mol. The normalized spacial score (nSPS) is 21.7. The summed E-state index contributed by atoms with van der Waals surface area (Å²) in [5, 5.41) is 19.6. The highest BCUT2D eigenvalue weighted by Gasteiger charge is 2.31. The number of rotatable bonds is 48. The molecule has 14 unspecified atom stereocenters. The van der Waals surface area contributed by atoms with Crippen molar-refractivity contribution in [2.75, 3.05) is 159 Å². The van der Waals surface area contributed by atoms with Crippen molar-refractivity contribution in [3.8, 4) is 11.5 Å². The molecule has 128 heavy (non-hydrogen) atoms. The molecule has 0 bridgehead atoms. The van der Waals surface area contributed by atoms with Crippen LogP contribution in [0.3, 0.4) is 0 Å². The number of urea groups is 1. The van der Waals surface area contributed by atoms with Crippen LogP contribution in [0.2, 0.25) is 0 Å². The van der Waals surface area contributed by atoms with Crippen LogP contribution in [-0.4, -0.2) is 314 Å². The van der Waals surface area contributed by atoms with Crippen LogP contribution in [0.15, 0.2) is 73.1 Å². The number of ether oxygens (including phenoxy) is 22. The molecule has 10 saturated heterocycles. The lowest BCUT2D eigenvalue weighted by Crippen LogP contribution is -2.40. The summed E-state index contributed by atoms with van der Waals surface area (Å²) in [5.74, 6) is 1.29. The fraction of sp³-hybridized carbons (Fsp3) is 0.742. The van der Waals surface area contributed by atoms with Crippen molar-refractivity contribution in [1.29, 1.82) is 0 Å². The molecule has 10 aliphatic heterocycles. The van der Waals surface area contributed by atoms with E-state index in [4.69, 9.17) is 109 Å². The van der Waals surface area contributed by atoms with Crippen molar-refractivity contribution in [1.82, 2.24) is 26.3 Å². The largest absolute Gasteiger partial charge is 0.508 e. The SMILES string of the molecule is C1COC(CCOCC2CO2)C1.CC(C)CC(=O)OCC1CO1.CC(C)NC(=O)CCC(=O)OCC1CO1.CC(C)NC(=O)NCCC(=O)OCC1CO1.CC(C)Oc1ccc(C(C)(C)c2ccc(OCC3CO3)cc2)cc1.CC(O)COC(C)COCC1CO1.CCC(C)NC(=O)OCC1CO1.CCC(C)OC(=O)OCC1CO1.c1cc(CCOCC2CO2)ccn1. The van der Waals surface area contributed by atoms with Crippen molar-refractivity contribution in [3.63, 3.8) is 0 Å². The Kier molecular flexibility index (Phi) is 55.5. The average molecular weight is 1820 g/mol. The van der Waals surface area contributed by atoms with Crippen molar-refractivity contribution in [3.05, 3.63) is 89.7 Å². The molecule has 5 N–H and O–H groups in total. The zero-order valence-electron chi connectivity index (χ0n) is 78.6. The summed E-state index contributed by atoms with van der Waals surface area (Å²) in [7, 11) is 0. The molecule has 2 aromatic carbocycles. The number of pyridine rings is 1. The van der Waals surface area contributed by atoms with E-state index in [-0.39, 0.29) is 140 Å². The first kappa shape index (κ1) is 111. The number of benzene rings is 2. The van der Waals surface area contributed by atoms with Gasteiger partial charge in [0.1, 0.15) is 112 Å². The molecule has 10 fully saturated rings. The molecule has 14 atom stereocenters. The van der Waals surface area contributed by atoms with Crippen LogP contribution in [0.5, 0.6) is 11.5 Å². The molecule has 0 saturated carbocycles. The fourth-order valence-corrected chi connectivity index (χ4v) is 10.2. The van der Waals surface area contributed by atoms with Gasteiger partial charge in [0.25, 0.3) is 0 Å². The first-order valence-corrected chi connectivity index (χ1v) is 45.5. The molecule has 4 amide bonds. The third kappa shape index (κ3) is 63.3. The Hall–Kier alpha value is -7.72. The lowest BCUT2D eigenvalue weighted by Gasteiger charge is -2.26. The second kappa shape index (κ2) is 64.2. The van der Waals surface area contributed by atoms with Gasteiger partial charge in [-0.1, -0.05) is 65.8 Å². The molecule has 1 aromatic heterocycles. The van der Waals surface area contributed by atoms with E-state index in [1.165, 1.54) is 29.5 Å². The van der Waals surface area contributed by atoms with Gasteiger partial charge in [-0.15, -0.1) is 0 Å². The maximum Gasteiger partial charge on any atom is 0.508 e. The monoisotopic (exact) mass is 1820 g/mol. The predicted molar refractivity (Wildman–Crippen MR) is 473 cm³/mol. The van der Waals surface area contributed by atoms with Crippen LogP contribution in [-0.2, 0) is 126 Å². The van der Waals surface area contributed by atoms with E-state index in [1.54, 1.807) is 19.3 Å². The van der Waals surface area contributed by atoms with Gasteiger partial charge in [-0.05, 0) is 167 Å². The second-order valence-corrected chi connectivity index (χ2v) is 34.1. The molecule has 728 valence electrons. The average Bonchev–Trinajstić information content (AvgIpc) is 1.75. The number of aromatic nitrogens is 1. The summed E-state index contributed by atoms with van der Waals surface area (Å²) in [6.45, 7) is 46.6. The smallest absolute Gasteiger partial charge is 0.491 e. The highest BCUT2D eigenvalue weighted by molar-refractivity contribution is 5.81. The van der Waals surface area contributed by atoms with Crippen LogP contribution in [0.1, 0.15) is 185 Å². The maximum atomic E-state index is 11.2. The quantitative estimate of drug-likeness (QED) is 0.0152. The van der Waals surface area contributed by atoms with Gasteiger partial charge < -0.3 is 131 Å². The van der Waals surface area contributed by atoms with Gasteiger partial charge in [0, 0.05) is 68.5 Å². The van der Waals surface area contributed by atoms with Gasteiger partial charge in [-0.25, -0.2) is 14.4 Å². The first-order valence-electron chi connectivity index (χ1n) is 45.5. The number of carbonyl (C=O) groups is 7. The topological polar surface area (TPSA) is 433 Å². The summed E-state index contributed by atoms with van der Waals surface area (Å²) in [5.41, 5.74) is 3.72. The van der Waals surface area contributed by atoms with Crippen molar-refractivity contribution in [2.24, 2.45) is 5.92 Å². The predicted octanol–water partition coefficient (Wildman–Crippen LogP) is 10.3. The van der Waals surface area contributed by atoms with E-state index in [2.05, 4.69) is 64.4 Å². The van der Waals surface area contributed by atoms with Gasteiger partial charge in [0.05, 0.1) is 136 Å². The molecule has 3 aromatic rings. The fourth-order valence-electron chi connectivity index (χ4n) is 10.2. The number of epoxide rings is 9. The molecule has 35 heteroatoms. The van der Waals surface area contributed by atoms with Crippen LogP contribution in [0, 0.1) is 5.92 Å². The minimum Gasteiger partial charge on any atom is -0.491 e. The third-order valence-electron chi connectivity index (χ3n) is 18.9. The van der Waals surface area contributed by atoms with Gasteiger partial charge in [-0.3, -0.25) is 24.2 Å². The van der Waals surface area contributed by atoms with E-state index in [1.807, 2.05) is 126 Å².